The fourth-order valence-corrected chi connectivity index (χ4v) is 2.49. The van der Waals surface area contributed by atoms with Crippen LogP contribution in [-0.4, -0.2) is 11.4 Å². The zero-order valence-corrected chi connectivity index (χ0v) is 9.79. The van der Waals surface area contributed by atoms with E-state index in [9.17, 15) is 4.79 Å². The molecule has 0 saturated heterocycles. The number of nitrogens with two attached hydrogens (primary N) is 1. The van der Waals surface area contributed by atoms with E-state index in [2.05, 4.69) is 12.2 Å². The summed E-state index contributed by atoms with van der Waals surface area (Å²) in [6.45, 7) is 4.17. The number of rotatable bonds is 3. The van der Waals surface area contributed by atoms with Crippen LogP contribution < -0.4 is 11.1 Å². The lowest BCUT2D eigenvalue weighted by Gasteiger charge is -2.45. The molecular formula is C13H18N2O. The van der Waals surface area contributed by atoms with Crippen LogP contribution in [0.3, 0.4) is 0 Å². The number of carbonyl (C=O) groups is 1. The third kappa shape index (κ3) is 1.90. The van der Waals surface area contributed by atoms with Gasteiger partial charge in [0, 0.05) is 5.69 Å². The number of amides is 1. The van der Waals surface area contributed by atoms with Crippen molar-refractivity contribution in [3.63, 3.8) is 0 Å². The molecule has 0 bridgehead atoms. The highest BCUT2D eigenvalue weighted by molar-refractivity contribution is 5.89. The van der Waals surface area contributed by atoms with Crippen LogP contribution >= 0.6 is 0 Å². The lowest BCUT2D eigenvalue weighted by atomic mass is 9.68. The van der Waals surface area contributed by atoms with Gasteiger partial charge in [-0.1, -0.05) is 19.1 Å². The molecule has 0 unspecified atom stereocenters. The van der Waals surface area contributed by atoms with E-state index in [0.29, 0.717) is 5.92 Å². The van der Waals surface area contributed by atoms with Crippen molar-refractivity contribution >= 4 is 11.6 Å². The minimum Gasteiger partial charge on any atom is -0.371 e. The Kier molecular flexibility index (Phi) is 2.62. The van der Waals surface area contributed by atoms with Gasteiger partial charge in [-0.15, -0.1) is 0 Å². The predicted octanol–water partition coefficient (Wildman–Crippen LogP) is 2.06. The monoisotopic (exact) mass is 218 g/mol. The van der Waals surface area contributed by atoms with Gasteiger partial charge in [-0.05, 0) is 43.4 Å². The zero-order valence-electron chi connectivity index (χ0n) is 9.79. The largest absolute Gasteiger partial charge is 0.371 e. The maximum Gasteiger partial charge on any atom is 0.243 e. The molecule has 1 saturated carbocycles. The number of hydrogen-bond donors (Lipinski definition) is 2. The van der Waals surface area contributed by atoms with Crippen LogP contribution in [0.5, 0.6) is 0 Å². The number of anilines is 1. The second-order valence-corrected chi connectivity index (χ2v) is 4.95. The third-order valence-electron chi connectivity index (χ3n) is 3.27. The quantitative estimate of drug-likeness (QED) is 0.816. The SMILES string of the molecule is Cc1cccc(NC2(C(N)=O)CC(C)C2)c1. The Bertz CT molecular complexity index is 408. The molecule has 1 aliphatic carbocycles. The summed E-state index contributed by atoms with van der Waals surface area (Å²) in [7, 11) is 0. The molecule has 1 fully saturated rings. The van der Waals surface area contributed by atoms with E-state index < -0.39 is 5.54 Å². The summed E-state index contributed by atoms with van der Waals surface area (Å²) < 4.78 is 0. The average Bonchev–Trinajstić information content (AvgIpc) is 2.14. The molecule has 1 aromatic carbocycles. The Balaban J connectivity index is 2.16. The van der Waals surface area contributed by atoms with E-state index >= 15 is 0 Å². The predicted molar refractivity (Wildman–Crippen MR) is 65.1 cm³/mol. The Labute approximate surface area is 96.0 Å². The second kappa shape index (κ2) is 3.81. The summed E-state index contributed by atoms with van der Waals surface area (Å²) in [5, 5.41) is 3.29. The summed E-state index contributed by atoms with van der Waals surface area (Å²) in [5.74, 6) is 0.330. The van der Waals surface area contributed by atoms with E-state index in [0.717, 1.165) is 18.5 Å². The van der Waals surface area contributed by atoms with Crippen molar-refractivity contribution in [2.24, 2.45) is 11.7 Å². The van der Waals surface area contributed by atoms with Crippen LogP contribution in [-0.2, 0) is 4.79 Å². The normalized spacial score (nSPS) is 28.2. The number of hydrogen-bond acceptors (Lipinski definition) is 2. The van der Waals surface area contributed by atoms with Crippen molar-refractivity contribution < 1.29 is 4.79 Å². The lowest BCUT2D eigenvalue weighted by Crippen LogP contribution is -2.58. The standard InChI is InChI=1S/C13H18N2O/c1-9-4-3-5-11(6-9)15-13(12(14)16)7-10(2)8-13/h3-6,10,15H,7-8H2,1-2H3,(H2,14,16). The molecular weight excluding hydrogens is 200 g/mol. The highest BCUT2D eigenvalue weighted by atomic mass is 16.1. The first-order valence-corrected chi connectivity index (χ1v) is 5.67. The van der Waals surface area contributed by atoms with Crippen molar-refractivity contribution in [3.8, 4) is 0 Å². The maximum atomic E-state index is 11.5. The van der Waals surface area contributed by atoms with Gasteiger partial charge < -0.3 is 11.1 Å². The van der Waals surface area contributed by atoms with E-state index in [4.69, 9.17) is 5.73 Å². The molecule has 3 heteroatoms. The minimum absolute atomic E-state index is 0.243. The maximum absolute atomic E-state index is 11.5. The minimum atomic E-state index is -0.521. The van der Waals surface area contributed by atoms with E-state index in [-0.39, 0.29) is 5.91 Å². The first kappa shape index (κ1) is 11.0. The topological polar surface area (TPSA) is 55.1 Å². The molecule has 3 N–H and O–H groups in total. The van der Waals surface area contributed by atoms with Gasteiger partial charge in [-0.25, -0.2) is 0 Å². The van der Waals surface area contributed by atoms with Crippen LogP contribution in [0.2, 0.25) is 0 Å². The molecule has 0 spiro atoms. The first-order chi connectivity index (χ1) is 7.52. The van der Waals surface area contributed by atoms with E-state index in [1.807, 2.05) is 31.2 Å². The Morgan fingerprint density at radius 2 is 2.19 bits per heavy atom. The highest BCUT2D eigenvalue weighted by Gasteiger charge is 2.47. The molecule has 16 heavy (non-hydrogen) atoms. The summed E-state index contributed by atoms with van der Waals surface area (Å²) in [4.78, 5) is 11.5. The summed E-state index contributed by atoms with van der Waals surface area (Å²) in [5.41, 5.74) is 7.11. The van der Waals surface area contributed by atoms with E-state index in [1.165, 1.54) is 5.56 Å². The van der Waals surface area contributed by atoms with Crippen molar-refractivity contribution in [2.45, 2.75) is 32.2 Å². The van der Waals surface area contributed by atoms with Crippen LogP contribution in [0.15, 0.2) is 24.3 Å². The zero-order chi connectivity index (χ0) is 11.8. The third-order valence-corrected chi connectivity index (χ3v) is 3.27. The van der Waals surface area contributed by atoms with Gasteiger partial charge in [-0.2, -0.15) is 0 Å². The molecule has 1 aromatic rings. The lowest BCUT2D eigenvalue weighted by molar-refractivity contribution is -0.126. The Morgan fingerprint density at radius 3 is 2.69 bits per heavy atom. The first-order valence-electron chi connectivity index (χ1n) is 5.67. The Morgan fingerprint density at radius 1 is 1.50 bits per heavy atom. The van der Waals surface area contributed by atoms with Crippen LogP contribution in [0.4, 0.5) is 5.69 Å². The van der Waals surface area contributed by atoms with Crippen LogP contribution in [0.1, 0.15) is 25.3 Å². The van der Waals surface area contributed by atoms with Crippen LogP contribution in [0.25, 0.3) is 0 Å². The number of carbonyl (C=O) groups excluding carboxylic acids is 1. The molecule has 0 radical (unpaired) electrons. The molecule has 2 rings (SSSR count). The molecule has 0 heterocycles. The van der Waals surface area contributed by atoms with Crippen molar-refractivity contribution in [3.05, 3.63) is 29.8 Å². The van der Waals surface area contributed by atoms with Gasteiger partial charge in [0.15, 0.2) is 0 Å². The van der Waals surface area contributed by atoms with Gasteiger partial charge in [0.05, 0.1) is 0 Å². The average molecular weight is 218 g/mol. The van der Waals surface area contributed by atoms with Crippen molar-refractivity contribution in [1.82, 2.24) is 0 Å². The van der Waals surface area contributed by atoms with Gasteiger partial charge in [0.25, 0.3) is 0 Å². The molecule has 1 amide bonds. The second-order valence-electron chi connectivity index (χ2n) is 4.95. The molecule has 0 aliphatic heterocycles. The van der Waals surface area contributed by atoms with Gasteiger partial charge in [0.2, 0.25) is 5.91 Å². The van der Waals surface area contributed by atoms with E-state index in [1.54, 1.807) is 0 Å². The number of nitrogens with one attached hydrogen (secondary N) is 1. The van der Waals surface area contributed by atoms with Gasteiger partial charge >= 0.3 is 0 Å². The van der Waals surface area contributed by atoms with Crippen molar-refractivity contribution in [1.29, 1.82) is 0 Å². The molecule has 1 aliphatic rings. The Hall–Kier alpha value is -1.51. The summed E-state index contributed by atoms with van der Waals surface area (Å²) >= 11 is 0. The summed E-state index contributed by atoms with van der Waals surface area (Å²) in [6.07, 6.45) is 1.66. The molecule has 0 atom stereocenters. The highest BCUT2D eigenvalue weighted by Crippen LogP contribution is 2.39. The fraction of sp³-hybridized carbons (Fsp3) is 0.462. The fourth-order valence-electron chi connectivity index (χ4n) is 2.49. The number of primary amides is 1. The van der Waals surface area contributed by atoms with Gasteiger partial charge in [0.1, 0.15) is 5.54 Å². The smallest absolute Gasteiger partial charge is 0.243 e. The van der Waals surface area contributed by atoms with Crippen molar-refractivity contribution in [2.75, 3.05) is 5.32 Å². The molecule has 3 nitrogen and oxygen atoms in total. The molecule has 86 valence electrons. The van der Waals surface area contributed by atoms with Gasteiger partial charge in [-0.3, -0.25) is 4.79 Å². The van der Waals surface area contributed by atoms with Crippen LogP contribution in [0, 0.1) is 12.8 Å². The summed E-state index contributed by atoms with van der Waals surface area (Å²) in [6, 6.07) is 8.02. The number of benzene rings is 1. The molecule has 0 aromatic heterocycles. The number of aryl methyl sites for hydroxylation is 1.